The van der Waals surface area contributed by atoms with Crippen LogP contribution in [-0.4, -0.2) is 32.7 Å². The molecule has 0 amide bonds. The lowest BCUT2D eigenvalue weighted by Gasteiger charge is -2.21. The molecule has 0 fully saturated rings. The van der Waals surface area contributed by atoms with Gasteiger partial charge in [-0.05, 0) is 52.2 Å². The lowest BCUT2D eigenvalue weighted by molar-refractivity contribution is 0.248. The fourth-order valence-corrected chi connectivity index (χ4v) is 3.01. The van der Waals surface area contributed by atoms with Crippen molar-refractivity contribution in [3.63, 3.8) is 0 Å². The Morgan fingerprint density at radius 1 is 1.11 bits per heavy atom. The third-order valence-corrected chi connectivity index (χ3v) is 4.87. The number of nitrogens with zero attached hydrogens (tertiary/aromatic N) is 3. The molecule has 28 heavy (non-hydrogen) atoms. The van der Waals surface area contributed by atoms with E-state index < -0.39 is 0 Å². The zero-order valence-corrected chi connectivity index (χ0v) is 17.1. The minimum absolute atomic E-state index is 0.0349. The van der Waals surface area contributed by atoms with E-state index in [4.69, 9.17) is 0 Å². The summed E-state index contributed by atoms with van der Waals surface area (Å²) in [7, 11) is 0. The number of rotatable bonds is 7. The molecule has 3 aromatic rings. The molecule has 2 heterocycles. The average molecular weight is 446 g/mol. The van der Waals surface area contributed by atoms with E-state index in [0.29, 0.717) is 27.6 Å². The number of hydrogen-bond donors (Lipinski definition) is 3. The van der Waals surface area contributed by atoms with Crippen LogP contribution < -0.4 is 10.6 Å². The SMILES string of the molecule is CC(C)[C@@H](CO)Nc1nc(Nc2ccc(F)cc2Br)cc(-c2ccncc2)n1. The molecule has 0 bridgehead atoms. The first-order valence-corrected chi connectivity index (χ1v) is 9.64. The lowest BCUT2D eigenvalue weighted by Crippen LogP contribution is -2.30. The standard InChI is InChI=1S/C20H21BrFN5O/c1-12(2)18(11-28)26-20-25-17(13-5-7-23-8-6-13)10-19(27-20)24-16-4-3-14(22)9-15(16)21/h3-10,12,18,28H,11H2,1-2H3,(H2,24,25,26,27)/t18-/m1/s1. The molecule has 0 spiro atoms. The van der Waals surface area contributed by atoms with E-state index in [1.165, 1.54) is 12.1 Å². The van der Waals surface area contributed by atoms with Crippen molar-refractivity contribution >= 4 is 33.4 Å². The van der Waals surface area contributed by atoms with Gasteiger partial charge in [-0.25, -0.2) is 9.37 Å². The first-order valence-electron chi connectivity index (χ1n) is 8.85. The van der Waals surface area contributed by atoms with Crippen molar-refractivity contribution in [1.82, 2.24) is 15.0 Å². The van der Waals surface area contributed by atoms with Gasteiger partial charge in [-0.1, -0.05) is 13.8 Å². The molecular weight excluding hydrogens is 425 g/mol. The second-order valence-corrected chi connectivity index (χ2v) is 7.48. The molecule has 1 atom stereocenters. The molecule has 3 N–H and O–H groups in total. The summed E-state index contributed by atoms with van der Waals surface area (Å²) in [5.74, 6) is 0.795. The molecule has 0 aliphatic heterocycles. The van der Waals surface area contributed by atoms with Crippen molar-refractivity contribution in [3.8, 4) is 11.3 Å². The zero-order valence-electron chi connectivity index (χ0n) is 15.5. The highest BCUT2D eigenvalue weighted by atomic mass is 79.9. The third kappa shape index (κ3) is 5.02. The molecule has 8 heteroatoms. The first kappa shape index (κ1) is 20.2. The van der Waals surface area contributed by atoms with Crippen LogP contribution in [-0.2, 0) is 0 Å². The van der Waals surface area contributed by atoms with Gasteiger partial charge in [0.1, 0.15) is 11.6 Å². The summed E-state index contributed by atoms with van der Waals surface area (Å²) in [5, 5.41) is 16.0. The molecule has 0 aliphatic rings. The van der Waals surface area contributed by atoms with Crippen molar-refractivity contribution in [2.75, 3.05) is 17.2 Å². The number of nitrogens with one attached hydrogen (secondary N) is 2. The van der Waals surface area contributed by atoms with Crippen LogP contribution in [0.4, 0.5) is 21.8 Å². The molecule has 146 valence electrons. The number of anilines is 3. The van der Waals surface area contributed by atoms with Crippen molar-refractivity contribution in [1.29, 1.82) is 0 Å². The van der Waals surface area contributed by atoms with Gasteiger partial charge >= 0.3 is 0 Å². The Kier molecular flexibility index (Phi) is 6.53. The fraction of sp³-hybridized carbons (Fsp3) is 0.250. The highest BCUT2D eigenvalue weighted by molar-refractivity contribution is 9.10. The fourth-order valence-electron chi connectivity index (χ4n) is 2.56. The molecule has 0 unspecified atom stereocenters. The molecule has 0 aliphatic carbocycles. The van der Waals surface area contributed by atoms with E-state index in [1.54, 1.807) is 24.5 Å². The largest absolute Gasteiger partial charge is 0.394 e. The molecule has 6 nitrogen and oxygen atoms in total. The Hall–Kier alpha value is -2.58. The van der Waals surface area contributed by atoms with Crippen LogP contribution in [0.5, 0.6) is 0 Å². The van der Waals surface area contributed by atoms with E-state index in [1.807, 2.05) is 26.0 Å². The zero-order chi connectivity index (χ0) is 20.1. The summed E-state index contributed by atoms with van der Waals surface area (Å²) in [6.07, 6.45) is 3.39. The maximum absolute atomic E-state index is 13.4. The number of benzene rings is 1. The molecular formula is C20H21BrFN5O. The van der Waals surface area contributed by atoms with E-state index in [2.05, 4.69) is 41.5 Å². The van der Waals surface area contributed by atoms with Crippen LogP contribution in [0.25, 0.3) is 11.3 Å². The summed E-state index contributed by atoms with van der Waals surface area (Å²) in [6, 6.07) is 9.72. The monoisotopic (exact) mass is 445 g/mol. The normalized spacial score (nSPS) is 12.1. The number of aliphatic hydroxyl groups is 1. The van der Waals surface area contributed by atoms with Crippen LogP contribution in [0.1, 0.15) is 13.8 Å². The smallest absolute Gasteiger partial charge is 0.225 e. The van der Waals surface area contributed by atoms with Gasteiger partial charge in [-0.15, -0.1) is 0 Å². The molecule has 2 aromatic heterocycles. The second kappa shape index (κ2) is 9.07. The molecule has 0 radical (unpaired) electrons. The highest BCUT2D eigenvalue weighted by Crippen LogP contribution is 2.28. The van der Waals surface area contributed by atoms with Crippen molar-refractivity contribution in [2.24, 2.45) is 5.92 Å². The summed E-state index contributed by atoms with van der Waals surface area (Å²) in [5.41, 5.74) is 2.25. The van der Waals surface area contributed by atoms with Gasteiger partial charge in [0.15, 0.2) is 0 Å². The Morgan fingerprint density at radius 3 is 2.50 bits per heavy atom. The minimum atomic E-state index is -0.331. The van der Waals surface area contributed by atoms with Crippen molar-refractivity contribution in [2.45, 2.75) is 19.9 Å². The Bertz CT molecular complexity index is 939. The Morgan fingerprint density at radius 2 is 1.86 bits per heavy atom. The lowest BCUT2D eigenvalue weighted by atomic mass is 10.1. The van der Waals surface area contributed by atoms with Gasteiger partial charge in [-0.3, -0.25) is 4.98 Å². The topological polar surface area (TPSA) is 83.0 Å². The quantitative estimate of drug-likeness (QED) is 0.492. The number of aliphatic hydroxyl groups excluding tert-OH is 1. The van der Waals surface area contributed by atoms with Gasteiger partial charge in [0.05, 0.1) is 24.0 Å². The van der Waals surface area contributed by atoms with Gasteiger partial charge in [0.25, 0.3) is 0 Å². The predicted octanol–water partition coefficient (Wildman–Crippen LogP) is 4.61. The molecule has 1 aromatic carbocycles. The van der Waals surface area contributed by atoms with E-state index >= 15 is 0 Å². The van der Waals surface area contributed by atoms with E-state index in [-0.39, 0.29) is 24.4 Å². The maximum atomic E-state index is 13.4. The van der Waals surface area contributed by atoms with Crippen molar-refractivity contribution in [3.05, 3.63) is 59.1 Å². The van der Waals surface area contributed by atoms with Crippen LogP contribution in [0.15, 0.2) is 53.3 Å². The maximum Gasteiger partial charge on any atom is 0.225 e. The van der Waals surface area contributed by atoms with Crippen molar-refractivity contribution < 1.29 is 9.50 Å². The number of hydrogen-bond acceptors (Lipinski definition) is 6. The Balaban J connectivity index is 1.99. The number of halogens is 2. The molecule has 3 rings (SSSR count). The van der Waals surface area contributed by atoms with Gasteiger partial charge in [0, 0.05) is 28.5 Å². The van der Waals surface area contributed by atoms with Crippen LogP contribution in [0.2, 0.25) is 0 Å². The summed E-state index contributed by atoms with van der Waals surface area (Å²) < 4.78 is 14.0. The van der Waals surface area contributed by atoms with Gasteiger partial charge in [0.2, 0.25) is 5.95 Å². The van der Waals surface area contributed by atoms with E-state index in [9.17, 15) is 9.50 Å². The average Bonchev–Trinajstić information content (AvgIpc) is 2.68. The van der Waals surface area contributed by atoms with Gasteiger partial charge in [-0.2, -0.15) is 4.98 Å². The van der Waals surface area contributed by atoms with Crippen LogP contribution in [0, 0.1) is 11.7 Å². The summed E-state index contributed by atoms with van der Waals surface area (Å²) in [6.45, 7) is 3.98. The van der Waals surface area contributed by atoms with E-state index in [0.717, 1.165) is 5.56 Å². The summed E-state index contributed by atoms with van der Waals surface area (Å²) in [4.78, 5) is 13.1. The predicted molar refractivity (Wildman–Crippen MR) is 112 cm³/mol. The third-order valence-electron chi connectivity index (χ3n) is 4.21. The van der Waals surface area contributed by atoms with Crippen LogP contribution >= 0.6 is 15.9 Å². The molecule has 0 saturated heterocycles. The summed E-state index contributed by atoms with van der Waals surface area (Å²) >= 11 is 3.35. The highest BCUT2D eigenvalue weighted by Gasteiger charge is 2.15. The second-order valence-electron chi connectivity index (χ2n) is 6.62. The number of aromatic nitrogens is 3. The number of pyridine rings is 1. The molecule has 0 saturated carbocycles. The first-order chi connectivity index (χ1) is 13.5. The van der Waals surface area contributed by atoms with Crippen LogP contribution in [0.3, 0.4) is 0 Å². The Labute approximate surface area is 171 Å². The van der Waals surface area contributed by atoms with Gasteiger partial charge < -0.3 is 15.7 Å². The minimum Gasteiger partial charge on any atom is -0.394 e.